The summed E-state index contributed by atoms with van der Waals surface area (Å²) in [5, 5.41) is 23.0. The van der Waals surface area contributed by atoms with Gasteiger partial charge < -0.3 is 80.4 Å². The SMILES string of the molecule is CC(C)(C)OC(=O)NCCCCNC(=O)c1ccc(COc2c3cccc2Sc2cccc(c2OCc2ccc(C(=O)NCCCCNC(=O)OC(C)(C)C)cc2)Sc2cccc(c2OCc2ccc(C(=O)NCCCCNC(=O)OC(C)(C)C)cc2)Sc2cccc(c2OCc2ccc(C(=O)NCCCCNC(=O)OC(C)(C)C)cc2)S3)cc1. The molecule has 120 heavy (non-hydrogen) atoms. The first kappa shape index (κ1) is 93.2. The summed E-state index contributed by atoms with van der Waals surface area (Å²) < 4.78 is 49.6. The van der Waals surface area contributed by atoms with Gasteiger partial charge in [0.25, 0.3) is 23.6 Å². The van der Waals surface area contributed by atoms with Gasteiger partial charge in [-0.1, -0.05) is 120 Å². The minimum Gasteiger partial charge on any atom is -0.487 e. The molecule has 28 heteroatoms. The molecule has 0 spiro atoms. The van der Waals surface area contributed by atoms with E-state index in [1.165, 1.54) is 47.0 Å². The number of fused-ring (bicyclic) bond motifs is 8. The zero-order valence-electron chi connectivity index (χ0n) is 70.5. The Bertz CT molecular complexity index is 4080. The molecule has 0 radical (unpaired) electrons. The maximum absolute atomic E-state index is 13.5. The lowest BCUT2D eigenvalue weighted by molar-refractivity contribution is 0.0515. The summed E-state index contributed by atoms with van der Waals surface area (Å²) in [6.07, 6.45) is 3.21. The number of hydrogen-bond acceptors (Lipinski definition) is 20. The highest BCUT2D eigenvalue weighted by Crippen LogP contribution is 2.54. The third-order valence-corrected chi connectivity index (χ3v) is 21.6. The molecule has 0 unspecified atom stereocenters. The Kier molecular flexibility index (Phi) is 35.4. The third kappa shape index (κ3) is 32.5. The van der Waals surface area contributed by atoms with Crippen molar-refractivity contribution in [3.63, 3.8) is 0 Å². The Balaban J connectivity index is 1.01. The van der Waals surface area contributed by atoms with E-state index in [9.17, 15) is 38.4 Å². The standard InChI is InChI=1S/C92H112N8O16S4/c1-89(2,3)113-85(105)97-53-17-13-49-93-81(101)65-41-33-61(34-42-65)57-109-77-69-25-21-26-70(77)118-72-28-23-30-74(79(72)111-59-63-37-45-67(46-38-63)83(103)95-51-15-19-55-99-87(107)115-91(7,8)9)120-76-32-24-31-75(80(76)112-60-64-39-47-68(48-40-64)84(104)96-52-16-20-56-100-88(108)116-92(10,11)12)119-73-29-22-27-71(117-69)78(73)110-58-62-35-43-66(44-36-62)82(102)94-50-14-18-54-98-86(106)114-90(4,5)6/h21-48H,13-20,49-60H2,1-12H3,(H,93,101)(H,94,102)(H,95,103)(H,96,104)(H,97,105)(H,98,106)(H,99,107)(H,100,108). The van der Waals surface area contributed by atoms with Crippen LogP contribution in [0.2, 0.25) is 0 Å². The molecule has 640 valence electrons. The van der Waals surface area contributed by atoms with E-state index in [-0.39, 0.29) is 50.1 Å². The third-order valence-electron chi connectivity index (χ3n) is 17.3. The van der Waals surface area contributed by atoms with Crippen molar-refractivity contribution in [1.29, 1.82) is 0 Å². The molecule has 9 rings (SSSR count). The summed E-state index contributed by atoms with van der Waals surface area (Å²) in [5.74, 6) is 1.36. The molecular formula is C92H112N8O16S4. The Morgan fingerprint density at radius 1 is 0.233 bits per heavy atom. The monoisotopic (exact) mass is 1710 g/mol. The van der Waals surface area contributed by atoms with E-state index in [1.54, 1.807) is 48.5 Å². The highest BCUT2D eigenvalue weighted by atomic mass is 32.2. The number of para-hydroxylation sites is 4. The fourth-order valence-electron chi connectivity index (χ4n) is 11.5. The summed E-state index contributed by atoms with van der Waals surface area (Å²) >= 11 is 5.89. The van der Waals surface area contributed by atoms with Crippen molar-refractivity contribution >= 4 is 95.0 Å². The van der Waals surface area contributed by atoms with Crippen LogP contribution in [0.25, 0.3) is 0 Å². The first-order valence-corrected chi connectivity index (χ1v) is 43.6. The summed E-state index contributed by atoms with van der Waals surface area (Å²) in [6, 6.07) is 53.2. The molecule has 8 bridgehead atoms. The van der Waals surface area contributed by atoms with Crippen LogP contribution in [0.3, 0.4) is 0 Å². The predicted octanol–water partition coefficient (Wildman–Crippen LogP) is 19.1. The van der Waals surface area contributed by atoms with Gasteiger partial charge in [0, 0.05) is 74.6 Å². The van der Waals surface area contributed by atoms with Crippen LogP contribution < -0.4 is 61.5 Å². The largest absolute Gasteiger partial charge is 0.487 e. The van der Waals surface area contributed by atoms with Crippen LogP contribution in [0.1, 0.15) is 198 Å². The summed E-state index contributed by atoms with van der Waals surface area (Å²) in [6.45, 7) is 25.5. The average Bonchev–Trinajstić information content (AvgIpc) is 0.785. The molecule has 0 saturated heterocycles. The van der Waals surface area contributed by atoms with Crippen LogP contribution in [0, 0.1) is 0 Å². The lowest BCUT2D eigenvalue weighted by atomic mass is 10.1. The molecule has 0 fully saturated rings. The number of benzene rings is 8. The van der Waals surface area contributed by atoms with Gasteiger partial charge >= 0.3 is 24.4 Å². The molecule has 0 aromatic heterocycles. The van der Waals surface area contributed by atoms with Crippen molar-refractivity contribution in [3.05, 3.63) is 214 Å². The van der Waals surface area contributed by atoms with Gasteiger partial charge in [-0.2, -0.15) is 0 Å². The second kappa shape index (κ2) is 45.6. The van der Waals surface area contributed by atoms with Gasteiger partial charge in [-0.25, -0.2) is 19.2 Å². The van der Waals surface area contributed by atoms with Crippen molar-refractivity contribution in [1.82, 2.24) is 42.5 Å². The van der Waals surface area contributed by atoms with Crippen molar-refractivity contribution < 1.29 is 76.3 Å². The van der Waals surface area contributed by atoms with Crippen LogP contribution in [0.5, 0.6) is 23.0 Å². The Morgan fingerprint density at radius 3 is 0.550 bits per heavy atom. The van der Waals surface area contributed by atoms with Crippen LogP contribution in [0.4, 0.5) is 19.2 Å². The number of carbonyl (C=O) groups excluding carboxylic acids is 8. The molecule has 8 aromatic carbocycles. The van der Waals surface area contributed by atoms with E-state index in [1.807, 2.05) is 204 Å². The molecule has 0 aliphatic carbocycles. The Hall–Kier alpha value is -10.7. The van der Waals surface area contributed by atoms with E-state index in [2.05, 4.69) is 42.5 Å². The molecule has 1 aliphatic heterocycles. The van der Waals surface area contributed by atoms with Crippen LogP contribution in [0.15, 0.2) is 209 Å². The number of amides is 8. The van der Waals surface area contributed by atoms with E-state index in [0.29, 0.717) is 149 Å². The van der Waals surface area contributed by atoms with Gasteiger partial charge in [0.1, 0.15) is 71.8 Å². The van der Waals surface area contributed by atoms with Crippen molar-refractivity contribution in [2.75, 3.05) is 52.4 Å². The molecule has 0 saturated carbocycles. The van der Waals surface area contributed by atoms with E-state index in [0.717, 1.165) is 61.4 Å². The summed E-state index contributed by atoms with van der Waals surface area (Å²) in [7, 11) is 0. The fourth-order valence-corrected chi connectivity index (χ4v) is 16.0. The van der Waals surface area contributed by atoms with Crippen LogP contribution in [-0.2, 0) is 45.4 Å². The number of unbranched alkanes of at least 4 members (excludes halogenated alkanes) is 4. The minimum absolute atomic E-state index is 0.120. The topological polar surface area (TPSA) is 307 Å². The summed E-state index contributed by atoms with van der Waals surface area (Å²) in [5.41, 5.74) is 2.70. The van der Waals surface area contributed by atoms with E-state index in [4.69, 9.17) is 37.9 Å². The number of carbonyl (C=O) groups is 8. The van der Waals surface area contributed by atoms with Crippen molar-refractivity contribution in [2.45, 2.75) is 222 Å². The van der Waals surface area contributed by atoms with E-state index < -0.39 is 46.8 Å². The Labute approximate surface area is 721 Å². The number of alkyl carbamates (subject to hydrolysis) is 4. The maximum atomic E-state index is 13.5. The molecule has 1 aliphatic rings. The van der Waals surface area contributed by atoms with Crippen LogP contribution in [-0.4, -0.2) is 123 Å². The molecule has 1 heterocycles. The number of ether oxygens (including phenoxy) is 8. The number of rotatable bonds is 36. The van der Waals surface area contributed by atoms with Gasteiger partial charge in [-0.15, -0.1) is 0 Å². The molecule has 8 amide bonds. The van der Waals surface area contributed by atoms with Crippen molar-refractivity contribution in [2.24, 2.45) is 0 Å². The van der Waals surface area contributed by atoms with Gasteiger partial charge in [-0.3, -0.25) is 19.2 Å². The molecular weight excluding hydrogens is 1600 g/mol. The molecule has 8 aromatic rings. The zero-order chi connectivity index (χ0) is 86.2. The highest BCUT2D eigenvalue weighted by Gasteiger charge is 2.27. The van der Waals surface area contributed by atoms with Gasteiger partial charge in [0.15, 0.2) is 0 Å². The van der Waals surface area contributed by atoms with Crippen molar-refractivity contribution in [3.8, 4) is 23.0 Å². The average molecular weight is 1710 g/mol. The van der Waals surface area contributed by atoms with E-state index >= 15 is 0 Å². The van der Waals surface area contributed by atoms with Crippen LogP contribution >= 0.6 is 47.0 Å². The quantitative estimate of drug-likeness (QED) is 0.0134. The number of nitrogens with one attached hydrogen (secondary N) is 8. The smallest absolute Gasteiger partial charge is 0.407 e. The minimum atomic E-state index is -0.606. The first-order chi connectivity index (χ1) is 57.3. The second-order valence-corrected chi connectivity index (χ2v) is 36.6. The lowest BCUT2D eigenvalue weighted by Gasteiger charge is -2.22. The van der Waals surface area contributed by atoms with Gasteiger partial charge in [0.2, 0.25) is 0 Å². The van der Waals surface area contributed by atoms with Gasteiger partial charge in [-0.05, 0) is 254 Å². The predicted molar refractivity (Wildman–Crippen MR) is 469 cm³/mol. The number of hydrogen-bond donors (Lipinski definition) is 8. The second-order valence-electron chi connectivity index (χ2n) is 32.3. The zero-order valence-corrected chi connectivity index (χ0v) is 73.7. The van der Waals surface area contributed by atoms with Gasteiger partial charge in [0.05, 0.1) is 39.2 Å². The first-order valence-electron chi connectivity index (χ1n) is 40.4. The fraction of sp³-hybridized carbons (Fsp3) is 0.391. The highest BCUT2D eigenvalue weighted by molar-refractivity contribution is 8.01. The normalized spacial score (nSPS) is 12.0. The molecule has 8 N–H and O–H groups in total. The summed E-state index contributed by atoms with van der Waals surface area (Å²) in [4.78, 5) is 109. The Morgan fingerprint density at radius 2 is 0.392 bits per heavy atom. The molecule has 0 atom stereocenters. The maximum Gasteiger partial charge on any atom is 0.407 e. The molecule has 24 nitrogen and oxygen atoms in total. The lowest BCUT2D eigenvalue weighted by Crippen LogP contribution is -2.33.